The Labute approximate surface area is 85.1 Å². The highest BCUT2D eigenvalue weighted by molar-refractivity contribution is 4.58. The van der Waals surface area contributed by atoms with E-state index in [9.17, 15) is 0 Å². The highest BCUT2D eigenvalue weighted by Gasteiger charge is 2.01. The van der Waals surface area contributed by atoms with Crippen molar-refractivity contribution in [2.75, 3.05) is 0 Å². The molecule has 0 aromatic heterocycles. The largest absolute Gasteiger partial charge is 0.0654 e. The molecule has 0 heterocycles. The van der Waals surface area contributed by atoms with Crippen molar-refractivity contribution in [1.82, 2.24) is 0 Å². The molecule has 0 rings (SSSR count). The van der Waals surface area contributed by atoms with E-state index < -0.39 is 0 Å². The highest BCUT2D eigenvalue weighted by Crippen LogP contribution is 2.17. The zero-order valence-corrected chi connectivity index (χ0v) is 9.65. The Balaban J connectivity index is 3.05. The molecule has 13 heavy (non-hydrogen) atoms. The molecule has 1 atom stereocenters. The van der Waals surface area contributed by atoms with Gasteiger partial charge in [-0.15, -0.1) is 0 Å². The lowest BCUT2D eigenvalue weighted by Gasteiger charge is -2.10. The fourth-order valence-corrected chi connectivity index (χ4v) is 1.77. The molecule has 0 bridgehead atoms. The molecule has 0 aromatic rings. The molecule has 1 radical (unpaired) electrons. The molecule has 0 nitrogen and oxygen atoms in total. The second-order valence-corrected chi connectivity index (χ2v) is 4.12. The zero-order valence-electron chi connectivity index (χ0n) is 9.65. The minimum Gasteiger partial charge on any atom is -0.0654 e. The van der Waals surface area contributed by atoms with Gasteiger partial charge in [0.1, 0.15) is 0 Å². The summed E-state index contributed by atoms with van der Waals surface area (Å²) in [5.74, 6) is 0.895. The lowest BCUT2D eigenvalue weighted by molar-refractivity contribution is 0.441. The predicted octanol–water partition coefficient (Wildman–Crippen LogP) is 4.99. The van der Waals surface area contributed by atoms with Crippen LogP contribution >= 0.6 is 0 Å². The van der Waals surface area contributed by atoms with Gasteiger partial charge in [-0.25, -0.2) is 0 Å². The summed E-state index contributed by atoms with van der Waals surface area (Å²) < 4.78 is 0. The van der Waals surface area contributed by atoms with E-state index in [0.29, 0.717) is 0 Å². The lowest BCUT2D eigenvalue weighted by Crippen LogP contribution is -1.96. The summed E-state index contributed by atoms with van der Waals surface area (Å²) in [6.45, 7) is 8.54. The van der Waals surface area contributed by atoms with E-state index in [2.05, 4.69) is 20.8 Å². The van der Waals surface area contributed by atoms with Crippen LogP contribution in [0.4, 0.5) is 0 Å². The predicted molar refractivity (Wildman–Crippen MR) is 61.7 cm³/mol. The summed E-state index contributed by atoms with van der Waals surface area (Å²) >= 11 is 0. The molecular weight excluding hydrogens is 156 g/mol. The van der Waals surface area contributed by atoms with Crippen LogP contribution in [0.25, 0.3) is 0 Å². The molecule has 0 aliphatic heterocycles. The second-order valence-electron chi connectivity index (χ2n) is 4.12. The lowest BCUT2D eigenvalue weighted by atomic mass is 9.96. The second kappa shape index (κ2) is 10.1. The summed E-state index contributed by atoms with van der Waals surface area (Å²) in [5, 5.41) is 0. The van der Waals surface area contributed by atoms with Gasteiger partial charge in [-0.3, -0.25) is 0 Å². The van der Waals surface area contributed by atoms with Crippen LogP contribution in [0, 0.1) is 12.8 Å². The van der Waals surface area contributed by atoms with Gasteiger partial charge in [0.15, 0.2) is 0 Å². The van der Waals surface area contributed by atoms with Gasteiger partial charge in [-0.2, -0.15) is 0 Å². The monoisotopic (exact) mass is 183 g/mol. The Bertz CT molecular complexity index is 82.0. The maximum atomic E-state index is 3.99. The Morgan fingerprint density at radius 3 is 2.08 bits per heavy atom. The van der Waals surface area contributed by atoms with Crippen molar-refractivity contribution >= 4 is 0 Å². The maximum absolute atomic E-state index is 3.99. The van der Waals surface area contributed by atoms with E-state index in [1.165, 1.54) is 51.4 Å². The molecule has 0 fully saturated rings. The van der Waals surface area contributed by atoms with Crippen molar-refractivity contribution in [2.45, 2.75) is 71.6 Å². The number of rotatable bonds is 9. The zero-order chi connectivity index (χ0) is 9.94. The van der Waals surface area contributed by atoms with Gasteiger partial charge in [0.2, 0.25) is 0 Å². The Morgan fingerprint density at radius 1 is 0.923 bits per heavy atom. The third-order valence-electron chi connectivity index (χ3n) is 2.95. The van der Waals surface area contributed by atoms with Crippen molar-refractivity contribution in [3.63, 3.8) is 0 Å². The van der Waals surface area contributed by atoms with Crippen LogP contribution < -0.4 is 0 Å². The van der Waals surface area contributed by atoms with Gasteiger partial charge in [0.05, 0.1) is 0 Å². The minimum atomic E-state index is 0.895. The molecule has 0 saturated carbocycles. The third-order valence-corrected chi connectivity index (χ3v) is 2.95. The van der Waals surface area contributed by atoms with Crippen LogP contribution in [0.15, 0.2) is 0 Å². The molecule has 0 N–H and O–H groups in total. The van der Waals surface area contributed by atoms with E-state index >= 15 is 0 Å². The highest BCUT2D eigenvalue weighted by atomic mass is 14.1. The van der Waals surface area contributed by atoms with Gasteiger partial charge in [-0.05, 0) is 5.92 Å². The SMILES string of the molecule is [CH2]CC(CC)CCCCCCCC. The summed E-state index contributed by atoms with van der Waals surface area (Å²) in [5.41, 5.74) is 0. The molecule has 0 aromatic carbocycles. The molecule has 0 heteroatoms. The topological polar surface area (TPSA) is 0 Å². The fraction of sp³-hybridized carbons (Fsp3) is 0.923. The summed E-state index contributed by atoms with van der Waals surface area (Å²) in [6, 6.07) is 0. The van der Waals surface area contributed by atoms with Gasteiger partial charge < -0.3 is 0 Å². The Kier molecular flexibility index (Phi) is 10.1. The van der Waals surface area contributed by atoms with Gasteiger partial charge in [-0.1, -0.05) is 78.6 Å². The van der Waals surface area contributed by atoms with Gasteiger partial charge >= 0.3 is 0 Å². The van der Waals surface area contributed by atoms with E-state index in [-0.39, 0.29) is 0 Å². The van der Waals surface area contributed by atoms with Crippen LogP contribution in [0.5, 0.6) is 0 Å². The van der Waals surface area contributed by atoms with Crippen molar-refractivity contribution < 1.29 is 0 Å². The molecule has 0 amide bonds. The fourth-order valence-electron chi connectivity index (χ4n) is 1.77. The molecule has 0 aliphatic carbocycles. The quantitative estimate of drug-likeness (QED) is 0.442. The molecule has 1 unspecified atom stereocenters. The van der Waals surface area contributed by atoms with Crippen molar-refractivity contribution in [2.24, 2.45) is 5.92 Å². The smallest absolute Gasteiger partial charge is 0.0417 e. The molecular formula is C13H27. The first-order valence-electron chi connectivity index (χ1n) is 6.14. The average molecular weight is 183 g/mol. The average Bonchev–Trinajstić information content (AvgIpc) is 2.17. The summed E-state index contributed by atoms with van der Waals surface area (Å²) in [7, 11) is 0. The molecule has 0 aliphatic rings. The standard InChI is InChI=1S/C13H27/c1-4-7-8-9-10-11-12-13(5-2)6-3/h13H,2,4-12H2,1,3H3. The van der Waals surface area contributed by atoms with Gasteiger partial charge in [0, 0.05) is 0 Å². The third kappa shape index (κ3) is 8.33. The van der Waals surface area contributed by atoms with Crippen LogP contribution in [0.2, 0.25) is 0 Å². The van der Waals surface area contributed by atoms with Crippen LogP contribution in [-0.2, 0) is 0 Å². The minimum absolute atomic E-state index is 0.895. The normalized spacial score (nSPS) is 11.1. The van der Waals surface area contributed by atoms with Crippen LogP contribution in [0.1, 0.15) is 71.6 Å². The Morgan fingerprint density at radius 2 is 1.54 bits per heavy atom. The molecule has 79 valence electrons. The maximum Gasteiger partial charge on any atom is -0.0417 e. The first-order chi connectivity index (χ1) is 6.35. The van der Waals surface area contributed by atoms with Crippen molar-refractivity contribution in [3.05, 3.63) is 6.92 Å². The first-order valence-corrected chi connectivity index (χ1v) is 6.14. The van der Waals surface area contributed by atoms with Crippen LogP contribution in [-0.4, -0.2) is 0 Å². The van der Waals surface area contributed by atoms with Crippen molar-refractivity contribution in [3.8, 4) is 0 Å². The van der Waals surface area contributed by atoms with E-state index in [4.69, 9.17) is 0 Å². The number of hydrogen-bond acceptors (Lipinski definition) is 0. The van der Waals surface area contributed by atoms with E-state index in [0.717, 1.165) is 12.3 Å². The molecule has 0 spiro atoms. The summed E-state index contributed by atoms with van der Waals surface area (Å²) in [6.07, 6.45) is 12.4. The number of unbranched alkanes of at least 4 members (excludes halogenated alkanes) is 5. The Hall–Kier alpha value is 0. The first kappa shape index (κ1) is 13.0. The van der Waals surface area contributed by atoms with E-state index in [1.54, 1.807) is 0 Å². The summed E-state index contributed by atoms with van der Waals surface area (Å²) in [4.78, 5) is 0. The number of hydrogen-bond donors (Lipinski definition) is 0. The van der Waals surface area contributed by atoms with Gasteiger partial charge in [0.25, 0.3) is 0 Å². The van der Waals surface area contributed by atoms with Crippen molar-refractivity contribution in [1.29, 1.82) is 0 Å². The van der Waals surface area contributed by atoms with E-state index in [1.807, 2.05) is 0 Å². The van der Waals surface area contributed by atoms with Crippen LogP contribution in [0.3, 0.4) is 0 Å². The molecule has 0 saturated heterocycles.